The molecule has 152 valence electrons. The van der Waals surface area contributed by atoms with Gasteiger partial charge in [0.25, 0.3) is 0 Å². The van der Waals surface area contributed by atoms with Gasteiger partial charge in [0.15, 0.2) is 0 Å². The minimum atomic E-state index is 0. The Kier molecular flexibility index (Phi) is 8.78. The molecule has 0 saturated heterocycles. The lowest BCUT2D eigenvalue weighted by molar-refractivity contribution is 0.318. The number of likely N-dealkylation sites (N-methyl/N-ethyl adjacent to an activating group) is 1. The second kappa shape index (κ2) is 11.3. The highest BCUT2D eigenvalue weighted by Gasteiger charge is 2.13. The summed E-state index contributed by atoms with van der Waals surface area (Å²) in [5, 5.41) is 12.8. The van der Waals surface area contributed by atoms with Crippen LogP contribution in [0.1, 0.15) is 30.0 Å². The summed E-state index contributed by atoms with van der Waals surface area (Å²) >= 11 is 0. The molecule has 0 aliphatic rings. The fourth-order valence-electron chi connectivity index (χ4n) is 3.30. The zero-order valence-electron chi connectivity index (χ0n) is 16.9. The van der Waals surface area contributed by atoms with E-state index in [0.717, 1.165) is 29.8 Å². The smallest absolute Gasteiger partial charge is 0.119 e. The summed E-state index contributed by atoms with van der Waals surface area (Å²) < 4.78 is 5.76. The maximum absolute atomic E-state index is 9.72. The second-order valence-electron chi connectivity index (χ2n) is 6.60. The van der Waals surface area contributed by atoms with Gasteiger partial charge in [0.2, 0.25) is 0 Å². The SMILES string of the molecule is CC/C(=C(/c1ccc(O)cc1)c1ccc(OCCNC)cc1)c1ccccc1.Cl. The lowest BCUT2D eigenvalue weighted by atomic mass is 9.88. The van der Waals surface area contributed by atoms with Crippen molar-refractivity contribution < 1.29 is 9.84 Å². The standard InChI is InChI=1S/C25H27NO2.ClH/c1-3-24(19-7-5-4-6-8-19)25(20-9-13-22(27)14-10-20)21-11-15-23(16-12-21)28-18-17-26-2;/h4-16,26-27H,3,17-18H2,1-2H3;1H/b25-24+;. The number of hydrogen-bond acceptors (Lipinski definition) is 3. The maximum atomic E-state index is 9.72. The molecule has 3 aromatic rings. The number of ether oxygens (including phenoxy) is 1. The summed E-state index contributed by atoms with van der Waals surface area (Å²) in [6.07, 6.45) is 0.903. The first kappa shape index (κ1) is 22.5. The van der Waals surface area contributed by atoms with Crippen LogP contribution in [0.5, 0.6) is 11.5 Å². The molecule has 0 spiro atoms. The lowest BCUT2D eigenvalue weighted by Crippen LogP contribution is -2.15. The number of rotatable bonds is 8. The van der Waals surface area contributed by atoms with Crippen LogP contribution in [0.25, 0.3) is 11.1 Å². The third-order valence-electron chi connectivity index (χ3n) is 4.70. The van der Waals surface area contributed by atoms with Crippen LogP contribution in [0.4, 0.5) is 0 Å². The Morgan fingerprint density at radius 2 is 1.41 bits per heavy atom. The van der Waals surface area contributed by atoms with Crippen molar-refractivity contribution in [3.63, 3.8) is 0 Å². The first-order chi connectivity index (χ1) is 13.7. The molecule has 0 amide bonds. The zero-order chi connectivity index (χ0) is 19.8. The normalized spacial score (nSPS) is 11.4. The highest BCUT2D eigenvalue weighted by Crippen LogP contribution is 2.35. The van der Waals surface area contributed by atoms with Crippen LogP contribution in [0.15, 0.2) is 78.9 Å². The van der Waals surface area contributed by atoms with Crippen LogP contribution >= 0.6 is 12.4 Å². The monoisotopic (exact) mass is 409 g/mol. The Bertz CT molecular complexity index is 904. The van der Waals surface area contributed by atoms with Crippen LogP contribution in [0.3, 0.4) is 0 Å². The van der Waals surface area contributed by atoms with E-state index >= 15 is 0 Å². The van der Waals surface area contributed by atoms with Gasteiger partial charge in [0, 0.05) is 6.54 Å². The molecule has 29 heavy (non-hydrogen) atoms. The van der Waals surface area contributed by atoms with E-state index in [1.165, 1.54) is 16.7 Å². The van der Waals surface area contributed by atoms with Gasteiger partial charge in [0.05, 0.1) is 0 Å². The lowest BCUT2D eigenvalue weighted by Gasteiger charge is -2.17. The van der Waals surface area contributed by atoms with E-state index in [4.69, 9.17) is 4.74 Å². The van der Waals surface area contributed by atoms with Crippen molar-refractivity contribution in [2.24, 2.45) is 0 Å². The molecule has 2 N–H and O–H groups in total. The van der Waals surface area contributed by atoms with Crippen molar-refractivity contribution in [3.8, 4) is 11.5 Å². The molecule has 3 aromatic carbocycles. The van der Waals surface area contributed by atoms with E-state index in [1.807, 2.05) is 37.4 Å². The minimum Gasteiger partial charge on any atom is -0.508 e. The molecule has 0 heterocycles. The number of nitrogens with one attached hydrogen (secondary N) is 1. The van der Waals surface area contributed by atoms with Crippen LogP contribution in [-0.4, -0.2) is 25.3 Å². The number of phenols is 1. The Morgan fingerprint density at radius 1 is 0.828 bits per heavy atom. The largest absolute Gasteiger partial charge is 0.508 e. The number of aromatic hydroxyl groups is 1. The van der Waals surface area contributed by atoms with E-state index in [9.17, 15) is 5.11 Å². The van der Waals surface area contributed by atoms with Gasteiger partial charge in [-0.25, -0.2) is 0 Å². The summed E-state index contributed by atoms with van der Waals surface area (Å²) in [5.74, 6) is 1.14. The number of benzene rings is 3. The maximum Gasteiger partial charge on any atom is 0.119 e. The molecule has 0 saturated carbocycles. The Morgan fingerprint density at radius 3 is 1.97 bits per heavy atom. The van der Waals surface area contributed by atoms with Gasteiger partial charge in [-0.1, -0.05) is 61.5 Å². The summed E-state index contributed by atoms with van der Waals surface area (Å²) in [6.45, 7) is 3.63. The van der Waals surface area contributed by atoms with Crippen LogP contribution in [-0.2, 0) is 0 Å². The van der Waals surface area contributed by atoms with E-state index in [0.29, 0.717) is 6.61 Å². The number of hydrogen-bond donors (Lipinski definition) is 2. The Labute approximate surface area is 179 Å². The number of phenolic OH excluding ortho intramolecular Hbond substituents is 1. The third-order valence-corrected chi connectivity index (χ3v) is 4.70. The van der Waals surface area contributed by atoms with Crippen molar-refractivity contribution in [2.45, 2.75) is 13.3 Å². The minimum absolute atomic E-state index is 0. The Balaban J connectivity index is 0.00000300. The van der Waals surface area contributed by atoms with Gasteiger partial charge in [-0.3, -0.25) is 0 Å². The van der Waals surface area contributed by atoms with Crippen molar-refractivity contribution >= 4 is 23.6 Å². The van der Waals surface area contributed by atoms with E-state index in [2.05, 4.69) is 48.6 Å². The van der Waals surface area contributed by atoms with Gasteiger partial charge in [0.1, 0.15) is 18.1 Å². The van der Waals surface area contributed by atoms with Crippen LogP contribution in [0.2, 0.25) is 0 Å². The van der Waals surface area contributed by atoms with Crippen LogP contribution in [0, 0.1) is 0 Å². The molecule has 0 fully saturated rings. The summed E-state index contributed by atoms with van der Waals surface area (Å²) in [6, 6.07) is 26.1. The zero-order valence-corrected chi connectivity index (χ0v) is 17.7. The third kappa shape index (κ3) is 5.86. The van der Waals surface area contributed by atoms with E-state index < -0.39 is 0 Å². The van der Waals surface area contributed by atoms with Gasteiger partial charge in [-0.15, -0.1) is 12.4 Å². The van der Waals surface area contributed by atoms with E-state index in [-0.39, 0.29) is 18.2 Å². The fraction of sp³-hybridized carbons (Fsp3) is 0.200. The summed E-state index contributed by atoms with van der Waals surface area (Å²) in [4.78, 5) is 0. The molecule has 0 aromatic heterocycles. The Hall–Kier alpha value is -2.75. The molecule has 0 atom stereocenters. The van der Waals surface area contributed by atoms with Gasteiger partial charge >= 0.3 is 0 Å². The van der Waals surface area contributed by atoms with Crippen molar-refractivity contribution in [2.75, 3.05) is 20.2 Å². The van der Waals surface area contributed by atoms with E-state index in [1.54, 1.807) is 12.1 Å². The van der Waals surface area contributed by atoms with Crippen molar-refractivity contribution in [3.05, 3.63) is 95.6 Å². The molecule has 0 aliphatic heterocycles. The quantitative estimate of drug-likeness (QED) is 0.366. The van der Waals surface area contributed by atoms with Crippen molar-refractivity contribution in [1.29, 1.82) is 0 Å². The van der Waals surface area contributed by atoms with Gasteiger partial charge < -0.3 is 15.2 Å². The molecule has 0 bridgehead atoms. The first-order valence-electron chi connectivity index (χ1n) is 9.68. The summed E-state index contributed by atoms with van der Waals surface area (Å²) in [5.41, 5.74) is 5.88. The van der Waals surface area contributed by atoms with Crippen molar-refractivity contribution in [1.82, 2.24) is 5.32 Å². The van der Waals surface area contributed by atoms with Gasteiger partial charge in [-0.05, 0) is 65.6 Å². The topological polar surface area (TPSA) is 41.5 Å². The average Bonchev–Trinajstić information content (AvgIpc) is 2.74. The molecule has 0 aliphatic carbocycles. The molecule has 3 rings (SSSR count). The average molecular weight is 410 g/mol. The molecule has 0 radical (unpaired) electrons. The number of halogens is 1. The summed E-state index contributed by atoms with van der Waals surface area (Å²) in [7, 11) is 1.91. The molecule has 3 nitrogen and oxygen atoms in total. The molecular formula is C25H28ClNO2. The molecule has 0 unspecified atom stereocenters. The molecule has 4 heteroatoms. The first-order valence-corrected chi connectivity index (χ1v) is 9.68. The highest BCUT2D eigenvalue weighted by atomic mass is 35.5. The molecular weight excluding hydrogens is 382 g/mol. The second-order valence-corrected chi connectivity index (χ2v) is 6.60. The number of allylic oxidation sites excluding steroid dienone is 1. The highest BCUT2D eigenvalue weighted by molar-refractivity contribution is 5.98. The predicted octanol–water partition coefficient (Wildman–Crippen LogP) is 5.78. The van der Waals surface area contributed by atoms with Crippen LogP contribution < -0.4 is 10.1 Å². The van der Waals surface area contributed by atoms with Gasteiger partial charge in [-0.2, -0.15) is 0 Å². The fourth-order valence-corrected chi connectivity index (χ4v) is 3.30. The predicted molar refractivity (Wildman–Crippen MR) is 124 cm³/mol.